The highest BCUT2D eigenvalue weighted by Crippen LogP contribution is 2.49. The van der Waals surface area contributed by atoms with Crippen molar-refractivity contribution in [2.75, 3.05) is 30.4 Å². The van der Waals surface area contributed by atoms with Gasteiger partial charge in [0.1, 0.15) is 29.5 Å². The van der Waals surface area contributed by atoms with Crippen molar-refractivity contribution in [1.29, 1.82) is 0 Å². The number of anilines is 3. The topological polar surface area (TPSA) is 76.7 Å². The van der Waals surface area contributed by atoms with E-state index in [2.05, 4.69) is 16.6 Å². The van der Waals surface area contributed by atoms with Crippen molar-refractivity contribution < 1.29 is 31.1 Å². The van der Waals surface area contributed by atoms with Gasteiger partial charge in [0.25, 0.3) is 0 Å². The fourth-order valence-electron chi connectivity index (χ4n) is 3.25. The minimum absolute atomic E-state index is 0.0492. The minimum Gasteiger partial charge on any atom is -0.489 e. The lowest BCUT2D eigenvalue weighted by atomic mass is 10.2. The van der Waals surface area contributed by atoms with Crippen molar-refractivity contribution in [3.63, 3.8) is 0 Å². The summed E-state index contributed by atoms with van der Waals surface area (Å²) in [5.74, 6) is -3.64. The van der Waals surface area contributed by atoms with Gasteiger partial charge in [0, 0.05) is 13.2 Å². The number of methoxy groups -OCH3 is 1. The summed E-state index contributed by atoms with van der Waals surface area (Å²) in [5.41, 5.74) is -0.471. The van der Waals surface area contributed by atoms with Gasteiger partial charge in [-0.25, -0.2) is 21.6 Å². The fourth-order valence-corrected chi connectivity index (χ4v) is 4.92. The normalized spacial score (nSPS) is 14.7. The molecule has 0 aromatic heterocycles. The van der Waals surface area contributed by atoms with Gasteiger partial charge in [-0.2, -0.15) is 0 Å². The van der Waals surface area contributed by atoms with Crippen LogP contribution in [0.25, 0.3) is 0 Å². The van der Waals surface area contributed by atoms with Gasteiger partial charge < -0.3 is 14.8 Å². The van der Waals surface area contributed by atoms with E-state index in [1.165, 1.54) is 25.3 Å². The van der Waals surface area contributed by atoms with E-state index in [1.54, 1.807) is 13.0 Å². The summed E-state index contributed by atoms with van der Waals surface area (Å²) in [7, 11) is -2.61. The molecule has 32 heavy (non-hydrogen) atoms. The predicted octanol–water partition coefficient (Wildman–Crippen LogP) is 5.03. The molecular weight excluding hydrogens is 445 g/mol. The second-order valence-electron chi connectivity index (χ2n) is 7.65. The minimum atomic E-state index is -4.03. The largest absolute Gasteiger partial charge is 0.489 e. The zero-order chi connectivity index (χ0) is 23.5. The molecule has 0 radical (unpaired) electrons. The molecule has 174 valence electrons. The predicted molar refractivity (Wildman–Crippen MR) is 117 cm³/mol. The summed E-state index contributed by atoms with van der Waals surface area (Å²) >= 11 is 0. The van der Waals surface area contributed by atoms with Crippen molar-refractivity contribution in [2.45, 2.75) is 30.9 Å². The van der Waals surface area contributed by atoms with Crippen LogP contribution in [-0.2, 0) is 14.8 Å². The summed E-state index contributed by atoms with van der Waals surface area (Å²) in [6, 6.07) is 4.87. The molecule has 6 nitrogen and oxygen atoms in total. The van der Waals surface area contributed by atoms with Crippen LogP contribution in [0.5, 0.6) is 5.75 Å². The van der Waals surface area contributed by atoms with E-state index in [9.17, 15) is 21.6 Å². The molecule has 1 saturated carbocycles. The van der Waals surface area contributed by atoms with Gasteiger partial charge in [0.2, 0.25) is 10.0 Å². The van der Waals surface area contributed by atoms with Crippen LogP contribution in [0.15, 0.2) is 36.9 Å². The molecule has 10 heteroatoms. The molecule has 0 bridgehead atoms. The number of sulfonamides is 1. The Hall–Kier alpha value is -2.72. The van der Waals surface area contributed by atoms with Gasteiger partial charge in [-0.1, -0.05) is 12.1 Å². The number of hydrogen-bond donors (Lipinski definition) is 2. The van der Waals surface area contributed by atoms with Gasteiger partial charge in [-0.3, -0.25) is 4.72 Å². The maximum absolute atomic E-state index is 14.9. The number of aryl methyl sites for hydroxylation is 1. The molecule has 1 aliphatic carbocycles. The number of halogens is 3. The Morgan fingerprint density at radius 1 is 1.12 bits per heavy atom. The highest BCUT2D eigenvalue weighted by molar-refractivity contribution is 7.94. The fraction of sp³-hybridized carbons (Fsp3) is 0.364. The van der Waals surface area contributed by atoms with E-state index in [0.717, 1.165) is 6.07 Å². The molecule has 2 aromatic carbocycles. The highest BCUT2D eigenvalue weighted by Gasteiger charge is 2.54. The van der Waals surface area contributed by atoms with Crippen molar-refractivity contribution >= 4 is 27.1 Å². The van der Waals surface area contributed by atoms with E-state index >= 15 is 0 Å². The Balaban J connectivity index is 2.10. The molecule has 0 spiro atoms. The van der Waals surface area contributed by atoms with Gasteiger partial charge in [-0.05, 0) is 43.9 Å². The van der Waals surface area contributed by atoms with Crippen LogP contribution in [0.4, 0.5) is 30.2 Å². The summed E-state index contributed by atoms with van der Waals surface area (Å²) in [4.78, 5) is 0. The molecule has 2 aromatic rings. The first-order chi connectivity index (χ1) is 15.1. The number of nitrogens with one attached hydrogen (secondary N) is 2. The molecule has 1 aliphatic rings. The second kappa shape index (κ2) is 9.41. The zero-order valence-corrected chi connectivity index (χ0v) is 18.6. The van der Waals surface area contributed by atoms with Crippen LogP contribution < -0.4 is 14.8 Å². The lowest BCUT2D eigenvalue weighted by Gasteiger charge is -2.22. The Kier molecular flexibility index (Phi) is 7.04. The summed E-state index contributed by atoms with van der Waals surface area (Å²) in [6.07, 6.45) is 2.48. The Bertz CT molecular complexity index is 1120. The third-order valence-electron chi connectivity index (χ3n) is 5.24. The number of benzene rings is 2. The number of ether oxygens (including phenoxy) is 2. The third kappa shape index (κ3) is 4.86. The van der Waals surface area contributed by atoms with Gasteiger partial charge in [0.05, 0.1) is 17.0 Å². The van der Waals surface area contributed by atoms with E-state index in [-0.39, 0.29) is 36.8 Å². The molecule has 0 amide bonds. The molecule has 0 saturated heterocycles. The van der Waals surface area contributed by atoms with Crippen LogP contribution in [0.2, 0.25) is 0 Å². The number of hydrogen-bond acceptors (Lipinski definition) is 5. The van der Waals surface area contributed by atoms with Crippen molar-refractivity contribution in [3.05, 3.63) is 59.9 Å². The van der Waals surface area contributed by atoms with Gasteiger partial charge in [0.15, 0.2) is 11.6 Å². The molecule has 0 unspecified atom stereocenters. The maximum atomic E-state index is 14.9. The molecular formula is C22H25F3N2O4S. The van der Waals surface area contributed by atoms with Gasteiger partial charge in [-0.15, -0.1) is 6.58 Å². The second-order valence-corrected chi connectivity index (χ2v) is 9.73. The maximum Gasteiger partial charge on any atom is 0.238 e. The number of allylic oxidation sites excluding steroid dienone is 1. The SMILES string of the molecule is C=CCC1(S(=O)(=O)Nc2c(OCCOC)cc(F)c(F)c2Nc2ccc(C)cc2F)CC1. The Morgan fingerprint density at radius 3 is 2.44 bits per heavy atom. The van der Waals surface area contributed by atoms with Crippen molar-refractivity contribution in [2.24, 2.45) is 0 Å². The summed E-state index contributed by atoms with van der Waals surface area (Å²) in [6.45, 7) is 5.34. The smallest absolute Gasteiger partial charge is 0.238 e. The third-order valence-corrected chi connectivity index (χ3v) is 7.43. The van der Waals surface area contributed by atoms with Crippen LogP contribution in [0.3, 0.4) is 0 Å². The number of rotatable bonds is 11. The van der Waals surface area contributed by atoms with Crippen molar-refractivity contribution in [1.82, 2.24) is 0 Å². The lowest BCUT2D eigenvalue weighted by Crippen LogP contribution is -2.30. The van der Waals surface area contributed by atoms with Crippen LogP contribution in [0, 0.1) is 24.4 Å². The average Bonchev–Trinajstić information content (AvgIpc) is 3.52. The molecule has 3 rings (SSSR count). The van der Waals surface area contributed by atoms with E-state index < -0.39 is 37.9 Å². The average molecular weight is 471 g/mol. The van der Waals surface area contributed by atoms with E-state index in [1.807, 2.05) is 0 Å². The van der Waals surface area contributed by atoms with Crippen molar-refractivity contribution in [3.8, 4) is 5.75 Å². The molecule has 0 atom stereocenters. The van der Waals surface area contributed by atoms with Crippen LogP contribution in [0.1, 0.15) is 24.8 Å². The molecule has 1 fully saturated rings. The first-order valence-corrected chi connectivity index (χ1v) is 11.4. The van der Waals surface area contributed by atoms with E-state index in [0.29, 0.717) is 18.4 Å². The quantitative estimate of drug-likeness (QED) is 0.356. The highest BCUT2D eigenvalue weighted by atomic mass is 32.2. The monoisotopic (exact) mass is 470 g/mol. The van der Waals surface area contributed by atoms with Gasteiger partial charge >= 0.3 is 0 Å². The summed E-state index contributed by atoms with van der Waals surface area (Å²) < 4.78 is 81.5. The first kappa shape index (κ1) is 23.9. The lowest BCUT2D eigenvalue weighted by molar-refractivity contribution is 0.146. The Morgan fingerprint density at radius 2 is 1.84 bits per heavy atom. The molecule has 2 N–H and O–H groups in total. The Labute approximate surface area is 185 Å². The standard InChI is InChI=1S/C22H25F3N2O4S/c1-4-7-22(8-9-22)32(28,29)27-20-18(31-11-10-30-3)13-16(24)19(25)21(20)26-17-6-5-14(2)12-15(17)23/h4-6,12-13,26-27H,1,7-11H2,2-3H3. The molecule has 0 aliphatic heterocycles. The van der Waals surface area contributed by atoms with E-state index in [4.69, 9.17) is 9.47 Å². The van der Waals surface area contributed by atoms with Crippen LogP contribution >= 0.6 is 0 Å². The first-order valence-electron chi connectivity index (χ1n) is 9.94. The van der Waals surface area contributed by atoms with Crippen LogP contribution in [-0.4, -0.2) is 33.5 Å². The molecule has 0 heterocycles. The summed E-state index contributed by atoms with van der Waals surface area (Å²) in [5, 5.41) is 2.49. The zero-order valence-electron chi connectivity index (χ0n) is 17.8.